The largest absolute Gasteiger partial charge is 0.481 e. The van der Waals surface area contributed by atoms with E-state index in [0.29, 0.717) is 30.0 Å². The van der Waals surface area contributed by atoms with E-state index >= 15 is 0 Å². The molecule has 2 amide bonds. The van der Waals surface area contributed by atoms with Crippen molar-refractivity contribution in [1.29, 1.82) is 0 Å². The van der Waals surface area contributed by atoms with Gasteiger partial charge in [0.1, 0.15) is 6.04 Å². The summed E-state index contributed by atoms with van der Waals surface area (Å²) in [5.74, 6) is -1.15. The van der Waals surface area contributed by atoms with E-state index in [-0.39, 0.29) is 18.6 Å². The minimum atomic E-state index is -0.975. The fourth-order valence-electron chi connectivity index (χ4n) is 3.14. The summed E-state index contributed by atoms with van der Waals surface area (Å²) in [5.41, 5.74) is 0.431. The molecule has 1 saturated heterocycles. The quantitative estimate of drug-likeness (QED) is 0.817. The van der Waals surface area contributed by atoms with E-state index in [1.807, 2.05) is 0 Å². The Morgan fingerprint density at radius 3 is 2.69 bits per heavy atom. The van der Waals surface area contributed by atoms with Crippen molar-refractivity contribution in [2.75, 3.05) is 13.3 Å². The molecule has 26 heavy (non-hydrogen) atoms. The van der Waals surface area contributed by atoms with E-state index < -0.39 is 24.0 Å². The molecule has 8 heteroatoms. The third-order valence-electron chi connectivity index (χ3n) is 4.95. The molecule has 1 aromatic carbocycles. The highest BCUT2D eigenvalue weighted by Crippen LogP contribution is 2.33. The second kappa shape index (κ2) is 7.23. The normalized spacial score (nSPS) is 20.5. The summed E-state index contributed by atoms with van der Waals surface area (Å²) in [7, 11) is 0. The Kier molecular flexibility index (Phi) is 5.01. The van der Waals surface area contributed by atoms with Crippen LogP contribution in [0.5, 0.6) is 11.5 Å². The summed E-state index contributed by atoms with van der Waals surface area (Å²) in [6.07, 6.45) is 1.27. The Balaban J connectivity index is 1.70. The Hall–Kier alpha value is -2.77. The van der Waals surface area contributed by atoms with Gasteiger partial charge >= 0.3 is 5.97 Å². The van der Waals surface area contributed by atoms with Crippen LogP contribution in [0.2, 0.25) is 0 Å². The number of rotatable bonds is 5. The summed E-state index contributed by atoms with van der Waals surface area (Å²) in [4.78, 5) is 38.0. The van der Waals surface area contributed by atoms with E-state index in [1.165, 1.54) is 11.8 Å². The van der Waals surface area contributed by atoms with Crippen LogP contribution in [0.3, 0.4) is 0 Å². The molecule has 1 aromatic rings. The maximum atomic E-state index is 12.8. The first-order valence-corrected chi connectivity index (χ1v) is 8.62. The van der Waals surface area contributed by atoms with Crippen molar-refractivity contribution in [1.82, 2.24) is 10.2 Å². The molecule has 0 bridgehead atoms. The Morgan fingerprint density at radius 2 is 1.96 bits per heavy atom. The van der Waals surface area contributed by atoms with Crippen LogP contribution in [0.4, 0.5) is 0 Å². The molecule has 2 aliphatic heterocycles. The molecular formula is C18H22N2O6. The maximum Gasteiger partial charge on any atom is 0.308 e. The van der Waals surface area contributed by atoms with E-state index in [2.05, 4.69) is 5.32 Å². The van der Waals surface area contributed by atoms with Crippen molar-refractivity contribution in [3.63, 3.8) is 0 Å². The van der Waals surface area contributed by atoms with Gasteiger partial charge in [0.05, 0.1) is 5.92 Å². The molecule has 1 fully saturated rings. The molecule has 2 heterocycles. The zero-order valence-electron chi connectivity index (χ0n) is 14.7. The number of carboxylic acids is 1. The van der Waals surface area contributed by atoms with E-state index in [4.69, 9.17) is 14.6 Å². The lowest BCUT2D eigenvalue weighted by molar-refractivity contribution is -0.142. The maximum absolute atomic E-state index is 12.8. The van der Waals surface area contributed by atoms with Crippen LogP contribution in [-0.4, -0.2) is 53.2 Å². The summed E-state index contributed by atoms with van der Waals surface area (Å²) in [6.45, 7) is 3.79. The number of carbonyl (C=O) groups is 3. The zero-order chi connectivity index (χ0) is 18.8. The highest BCUT2D eigenvalue weighted by Gasteiger charge is 2.36. The highest BCUT2D eigenvalue weighted by atomic mass is 16.7. The van der Waals surface area contributed by atoms with Gasteiger partial charge in [0.2, 0.25) is 12.7 Å². The van der Waals surface area contributed by atoms with E-state index in [9.17, 15) is 14.4 Å². The predicted octanol–water partition coefficient (Wildman–Crippen LogP) is 1.25. The van der Waals surface area contributed by atoms with Crippen LogP contribution >= 0.6 is 0 Å². The van der Waals surface area contributed by atoms with Crippen LogP contribution in [0.1, 0.15) is 37.0 Å². The van der Waals surface area contributed by atoms with Gasteiger partial charge in [-0.15, -0.1) is 0 Å². The smallest absolute Gasteiger partial charge is 0.308 e. The minimum Gasteiger partial charge on any atom is -0.481 e. The third-order valence-corrected chi connectivity index (χ3v) is 4.95. The van der Waals surface area contributed by atoms with Gasteiger partial charge in [0.25, 0.3) is 5.91 Å². The number of hydrogen-bond acceptors (Lipinski definition) is 5. The molecule has 0 aliphatic carbocycles. The SMILES string of the molecule is CC(NC(=O)C1CCCN1C(=O)c1ccc2c(c1)OCO2)C(C)C(=O)O. The molecule has 3 rings (SSSR count). The number of aliphatic carboxylic acids is 1. The third kappa shape index (κ3) is 3.44. The van der Waals surface area contributed by atoms with Gasteiger partial charge in [0.15, 0.2) is 11.5 Å². The van der Waals surface area contributed by atoms with Crippen molar-refractivity contribution < 1.29 is 29.0 Å². The topological polar surface area (TPSA) is 105 Å². The number of nitrogens with zero attached hydrogens (tertiary/aromatic N) is 1. The molecule has 0 radical (unpaired) electrons. The lowest BCUT2D eigenvalue weighted by Crippen LogP contribution is -2.50. The van der Waals surface area contributed by atoms with Gasteiger partial charge in [-0.2, -0.15) is 0 Å². The molecule has 0 spiro atoms. The van der Waals surface area contributed by atoms with Crippen molar-refractivity contribution in [3.8, 4) is 11.5 Å². The predicted molar refractivity (Wildman–Crippen MR) is 91.0 cm³/mol. The first-order valence-electron chi connectivity index (χ1n) is 8.62. The monoisotopic (exact) mass is 362 g/mol. The summed E-state index contributed by atoms with van der Waals surface area (Å²) < 4.78 is 10.5. The molecule has 2 N–H and O–H groups in total. The van der Waals surface area contributed by atoms with Crippen molar-refractivity contribution in [2.45, 2.75) is 38.8 Å². The minimum absolute atomic E-state index is 0.126. The lowest BCUT2D eigenvalue weighted by Gasteiger charge is -2.26. The summed E-state index contributed by atoms with van der Waals surface area (Å²) in [6, 6.07) is 3.82. The number of nitrogens with one attached hydrogen (secondary N) is 1. The summed E-state index contributed by atoms with van der Waals surface area (Å²) >= 11 is 0. The van der Waals surface area contributed by atoms with Gasteiger partial charge < -0.3 is 24.8 Å². The van der Waals surface area contributed by atoms with Crippen LogP contribution in [-0.2, 0) is 9.59 Å². The van der Waals surface area contributed by atoms with Crippen molar-refractivity contribution >= 4 is 17.8 Å². The van der Waals surface area contributed by atoms with E-state index in [1.54, 1.807) is 25.1 Å². The first kappa shape index (κ1) is 18.0. The van der Waals surface area contributed by atoms with Crippen LogP contribution < -0.4 is 14.8 Å². The average molecular weight is 362 g/mol. The molecule has 3 unspecified atom stereocenters. The molecule has 0 aromatic heterocycles. The van der Waals surface area contributed by atoms with Gasteiger partial charge in [-0.05, 0) is 44.9 Å². The average Bonchev–Trinajstić information content (AvgIpc) is 3.28. The second-order valence-electron chi connectivity index (χ2n) is 6.65. The molecular weight excluding hydrogens is 340 g/mol. The fourth-order valence-corrected chi connectivity index (χ4v) is 3.14. The second-order valence-corrected chi connectivity index (χ2v) is 6.65. The fraction of sp³-hybridized carbons (Fsp3) is 0.500. The summed E-state index contributed by atoms with van der Waals surface area (Å²) in [5, 5.41) is 11.8. The molecule has 140 valence electrons. The molecule has 2 aliphatic rings. The van der Waals surface area contributed by atoms with Gasteiger partial charge in [0, 0.05) is 18.2 Å². The van der Waals surface area contributed by atoms with Crippen LogP contribution in [0.15, 0.2) is 18.2 Å². The van der Waals surface area contributed by atoms with E-state index in [0.717, 1.165) is 6.42 Å². The molecule has 8 nitrogen and oxygen atoms in total. The van der Waals surface area contributed by atoms with Crippen LogP contribution in [0, 0.1) is 5.92 Å². The lowest BCUT2D eigenvalue weighted by atomic mass is 10.0. The van der Waals surface area contributed by atoms with Crippen molar-refractivity contribution in [2.24, 2.45) is 5.92 Å². The first-order chi connectivity index (χ1) is 12.4. The number of carboxylic acid groups (broad SMARTS) is 1. The number of carbonyl (C=O) groups excluding carboxylic acids is 2. The van der Waals surface area contributed by atoms with Crippen LogP contribution in [0.25, 0.3) is 0 Å². The number of ether oxygens (including phenoxy) is 2. The number of benzene rings is 1. The van der Waals surface area contributed by atoms with Crippen molar-refractivity contribution in [3.05, 3.63) is 23.8 Å². The highest BCUT2D eigenvalue weighted by molar-refractivity contribution is 5.98. The number of fused-ring (bicyclic) bond motifs is 1. The Bertz CT molecular complexity index is 734. The standard InChI is InChI=1S/C18H22N2O6/c1-10(18(23)24)11(2)19-16(21)13-4-3-7-20(13)17(22)12-5-6-14-15(8-12)26-9-25-14/h5-6,8,10-11,13H,3-4,7,9H2,1-2H3,(H,19,21)(H,23,24). The van der Waals surface area contributed by atoms with Gasteiger partial charge in [-0.3, -0.25) is 14.4 Å². The van der Waals surface area contributed by atoms with Gasteiger partial charge in [-0.25, -0.2) is 0 Å². The number of amides is 2. The number of hydrogen-bond donors (Lipinski definition) is 2. The Labute approximate surface area is 151 Å². The zero-order valence-corrected chi connectivity index (χ0v) is 14.7. The molecule has 0 saturated carbocycles. The Morgan fingerprint density at radius 1 is 1.23 bits per heavy atom. The molecule has 3 atom stereocenters. The number of likely N-dealkylation sites (tertiary alicyclic amines) is 1. The van der Waals surface area contributed by atoms with Gasteiger partial charge in [-0.1, -0.05) is 0 Å².